The molecule has 0 radical (unpaired) electrons. The topological polar surface area (TPSA) is 70.4 Å². The van der Waals surface area contributed by atoms with E-state index in [-0.39, 0.29) is 16.9 Å². The van der Waals surface area contributed by atoms with Crippen molar-refractivity contribution in [3.8, 4) is 5.75 Å². The Morgan fingerprint density at radius 1 is 1.44 bits per heavy atom. The lowest BCUT2D eigenvalue weighted by molar-refractivity contribution is 0.278. The number of aromatic hydroxyl groups is 1. The molecular weight excluding hydrogens is 343 g/mol. The van der Waals surface area contributed by atoms with E-state index in [4.69, 9.17) is 0 Å². The summed E-state index contributed by atoms with van der Waals surface area (Å²) >= 11 is 1.74. The first kappa shape index (κ1) is 16.2. The fourth-order valence-corrected chi connectivity index (χ4v) is 4.34. The number of nitrogens with zero attached hydrogens (tertiary/aromatic N) is 3. The number of hydrogen-bond acceptors (Lipinski definition) is 6. The van der Waals surface area contributed by atoms with Crippen LogP contribution in [-0.2, 0) is 13.2 Å². The molecule has 0 bridgehead atoms. The lowest BCUT2D eigenvalue weighted by atomic mass is 10.2. The number of nitrogens with one attached hydrogen (secondary N) is 1. The van der Waals surface area contributed by atoms with E-state index in [1.54, 1.807) is 23.9 Å². The zero-order valence-corrected chi connectivity index (χ0v) is 14.2. The van der Waals surface area contributed by atoms with Crippen molar-refractivity contribution in [2.75, 3.05) is 12.3 Å². The van der Waals surface area contributed by atoms with E-state index in [1.807, 2.05) is 0 Å². The summed E-state index contributed by atoms with van der Waals surface area (Å²) in [6.07, 6.45) is 0. The highest BCUT2D eigenvalue weighted by molar-refractivity contribution is 7.99. The molecule has 2 aliphatic heterocycles. The maximum absolute atomic E-state index is 13.0. The van der Waals surface area contributed by atoms with Gasteiger partial charge in [0.2, 0.25) is 5.75 Å². The molecule has 25 heavy (non-hydrogen) atoms. The molecule has 1 aromatic heterocycles. The van der Waals surface area contributed by atoms with Crippen LogP contribution in [0.2, 0.25) is 0 Å². The van der Waals surface area contributed by atoms with E-state index in [1.165, 1.54) is 16.7 Å². The van der Waals surface area contributed by atoms with Crippen molar-refractivity contribution >= 4 is 17.5 Å². The molecule has 1 aromatic carbocycles. The van der Waals surface area contributed by atoms with Gasteiger partial charge in [-0.25, -0.2) is 9.37 Å². The predicted octanol–water partition coefficient (Wildman–Crippen LogP) is 1.87. The molecule has 0 spiro atoms. The average Bonchev–Trinajstić information content (AvgIpc) is 3.19. The largest absolute Gasteiger partial charge is 0.501 e. The van der Waals surface area contributed by atoms with Gasteiger partial charge in [-0.2, -0.15) is 0 Å². The van der Waals surface area contributed by atoms with Gasteiger partial charge in [-0.3, -0.25) is 14.3 Å². The highest BCUT2D eigenvalue weighted by atomic mass is 32.2. The molecule has 2 aliphatic rings. The predicted molar refractivity (Wildman–Crippen MR) is 94.3 cm³/mol. The second kappa shape index (κ2) is 6.20. The number of fused-ring (bicyclic) bond motifs is 3. The summed E-state index contributed by atoms with van der Waals surface area (Å²) in [5.41, 5.74) is 0.952. The van der Waals surface area contributed by atoms with E-state index in [9.17, 15) is 14.3 Å². The molecule has 1 atom stereocenters. The quantitative estimate of drug-likeness (QED) is 0.867. The maximum Gasteiger partial charge on any atom is 0.297 e. The Bertz CT molecular complexity index is 897. The van der Waals surface area contributed by atoms with Crippen LogP contribution in [0.3, 0.4) is 0 Å². The minimum absolute atomic E-state index is 0.0527. The standard InChI is InChI=1S/C17H17FN4O2S/c1-10(19-8-11-2-4-12(18)5-3-11)13-14(23)16(24)22-9-21-6-7-25-17(21)15(22)20-13/h2-5,17,19,23H,1,6-9H2. The summed E-state index contributed by atoms with van der Waals surface area (Å²) in [6.45, 7) is 5.65. The highest BCUT2D eigenvalue weighted by Gasteiger charge is 2.38. The molecule has 4 rings (SSSR count). The molecule has 0 saturated carbocycles. The van der Waals surface area contributed by atoms with Gasteiger partial charge in [-0.05, 0) is 17.7 Å². The Kier molecular flexibility index (Phi) is 4.01. The summed E-state index contributed by atoms with van der Waals surface area (Å²) in [6, 6.07) is 6.08. The van der Waals surface area contributed by atoms with Gasteiger partial charge in [0.1, 0.15) is 22.7 Å². The van der Waals surface area contributed by atoms with Crippen LogP contribution < -0.4 is 10.9 Å². The fourth-order valence-electron chi connectivity index (χ4n) is 3.06. The summed E-state index contributed by atoms with van der Waals surface area (Å²) in [7, 11) is 0. The molecule has 8 heteroatoms. The monoisotopic (exact) mass is 360 g/mol. The smallest absolute Gasteiger partial charge is 0.297 e. The van der Waals surface area contributed by atoms with Gasteiger partial charge in [-0.15, -0.1) is 11.8 Å². The Balaban J connectivity index is 1.59. The average molecular weight is 360 g/mol. The minimum Gasteiger partial charge on any atom is -0.501 e. The second-order valence-corrected chi connectivity index (χ2v) is 7.22. The summed E-state index contributed by atoms with van der Waals surface area (Å²) in [5, 5.41) is 13.4. The van der Waals surface area contributed by atoms with Gasteiger partial charge in [-0.1, -0.05) is 18.7 Å². The van der Waals surface area contributed by atoms with Crippen LogP contribution in [0.1, 0.15) is 22.5 Å². The first-order valence-corrected chi connectivity index (χ1v) is 8.96. The van der Waals surface area contributed by atoms with E-state index >= 15 is 0 Å². The highest BCUT2D eigenvalue weighted by Crippen LogP contribution is 2.41. The van der Waals surface area contributed by atoms with Gasteiger partial charge in [0.15, 0.2) is 0 Å². The van der Waals surface area contributed by atoms with Crippen molar-refractivity contribution in [3.63, 3.8) is 0 Å². The van der Waals surface area contributed by atoms with Crippen LogP contribution in [0.25, 0.3) is 5.70 Å². The third-order valence-electron chi connectivity index (χ3n) is 4.41. The molecule has 1 saturated heterocycles. The molecule has 0 aliphatic carbocycles. The Morgan fingerprint density at radius 3 is 2.96 bits per heavy atom. The molecule has 6 nitrogen and oxygen atoms in total. The van der Waals surface area contributed by atoms with Crippen LogP contribution >= 0.6 is 11.8 Å². The van der Waals surface area contributed by atoms with Crippen LogP contribution in [0, 0.1) is 5.82 Å². The van der Waals surface area contributed by atoms with Crippen molar-refractivity contribution in [1.82, 2.24) is 19.8 Å². The zero-order chi connectivity index (χ0) is 17.6. The zero-order valence-electron chi connectivity index (χ0n) is 13.4. The van der Waals surface area contributed by atoms with Crippen molar-refractivity contribution < 1.29 is 9.50 Å². The normalized spacial score (nSPS) is 18.8. The number of halogens is 1. The number of thioether (sulfide) groups is 1. The minimum atomic E-state index is -0.445. The molecule has 130 valence electrons. The molecule has 1 fully saturated rings. The van der Waals surface area contributed by atoms with E-state index in [0.717, 1.165) is 17.9 Å². The summed E-state index contributed by atoms with van der Waals surface area (Å²) < 4.78 is 14.5. The molecule has 1 unspecified atom stereocenters. The van der Waals surface area contributed by atoms with Crippen LogP contribution in [0.4, 0.5) is 4.39 Å². The van der Waals surface area contributed by atoms with Gasteiger partial charge in [0.05, 0.1) is 12.4 Å². The van der Waals surface area contributed by atoms with Gasteiger partial charge in [0.25, 0.3) is 5.56 Å². The van der Waals surface area contributed by atoms with E-state index in [0.29, 0.717) is 24.7 Å². The number of hydrogen-bond donors (Lipinski definition) is 2. The molecule has 2 N–H and O–H groups in total. The van der Waals surface area contributed by atoms with Crippen LogP contribution in [0.15, 0.2) is 35.6 Å². The molecule has 0 amide bonds. The van der Waals surface area contributed by atoms with Gasteiger partial charge >= 0.3 is 0 Å². The third-order valence-corrected chi connectivity index (χ3v) is 5.65. The molecular formula is C17H17FN4O2S. The number of rotatable bonds is 4. The Labute approximate surface area is 148 Å². The van der Waals surface area contributed by atoms with Crippen LogP contribution in [-0.4, -0.2) is 31.9 Å². The van der Waals surface area contributed by atoms with Crippen LogP contribution in [0.5, 0.6) is 5.75 Å². The van der Waals surface area contributed by atoms with Gasteiger partial charge < -0.3 is 10.4 Å². The lowest BCUT2D eigenvalue weighted by Crippen LogP contribution is -2.26. The molecule has 2 aromatic rings. The Hall–Kier alpha value is -2.32. The first-order valence-electron chi connectivity index (χ1n) is 7.91. The van der Waals surface area contributed by atoms with E-state index in [2.05, 4.69) is 21.8 Å². The SMILES string of the molecule is C=C(NCc1ccc(F)cc1)c1nc2n(c(=O)c1O)CN1CCSC21. The van der Waals surface area contributed by atoms with Crippen molar-refractivity contribution in [1.29, 1.82) is 0 Å². The van der Waals surface area contributed by atoms with E-state index < -0.39 is 11.3 Å². The lowest BCUT2D eigenvalue weighted by Gasteiger charge is -2.13. The second-order valence-electron chi connectivity index (χ2n) is 6.04. The van der Waals surface area contributed by atoms with Gasteiger partial charge in [0, 0.05) is 18.8 Å². The fraction of sp³-hybridized carbons (Fsp3) is 0.294. The molecule has 3 heterocycles. The summed E-state index contributed by atoms with van der Waals surface area (Å²) in [4.78, 5) is 19.1. The Morgan fingerprint density at radius 2 is 2.20 bits per heavy atom. The number of aromatic nitrogens is 2. The first-order chi connectivity index (χ1) is 12.0. The van der Waals surface area contributed by atoms with Crippen molar-refractivity contribution in [2.45, 2.75) is 18.6 Å². The third kappa shape index (κ3) is 2.81. The van der Waals surface area contributed by atoms with Crippen molar-refractivity contribution in [2.24, 2.45) is 0 Å². The number of benzene rings is 1. The summed E-state index contributed by atoms with van der Waals surface area (Å²) in [5.74, 6) is 0.962. The maximum atomic E-state index is 13.0. The van der Waals surface area contributed by atoms with Crippen molar-refractivity contribution in [3.05, 3.63) is 64.1 Å².